The number of nitrogens with zero attached hydrogens (tertiary/aromatic N) is 1. The van der Waals surface area contributed by atoms with Crippen LogP contribution in [0.15, 0.2) is 30.5 Å². The summed E-state index contributed by atoms with van der Waals surface area (Å²) in [5.41, 5.74) is 2.40. The van der Waals surface area contributed by atoms with Crippen molar-refractivity contribution in [1.29, 1.82) is 0 Å². The Morgan fingerprint density at radius 2 is 2.33 bits per heavy atom. The number of aromatic nitrogens is 1. The molecule has 12 heavy (non-hydrogen) atoms. The summed E-state index contributed by atoms with van der Waals surface area (Å²) in [7, 11) is 0. The van der Waals surface area contributed by atoms with Crippen molar-refractivity contribution in [2.24, 2.45) is 0 Å². The third-order valence-corrected chi connectivity index (χ3v) is 2.02. The van der Waals surface area contributed by atoms with Crippen LogP contribution in [0.5, 0.6) is 0 Å². The summed E-state index contributed by atoms with van der Waals surface area (Å²) >= 11 is 0. The molecule has 0 unspecified atom stereocenters. The van der Waals surface area contributed by atoms with Crippen molar-refractivity contribution in [1.82, 2.24) is 4.98 Å². The van der Waals surface area contributed by atoms with Crippen molar-refractivity contribution < 1.29 is 0 Å². The Morgan fingerprint density at radius 1 is 1.42 bits per heavy atom. The van der Waals surface area contributed by atoms with E-state index in [1.165, 1.54) is 5.56 Å². The zero-order valence-corrected chi connectivity index (χ0v) is 7.04. The fraction of sp³-hybridized carbons (Fsp3) is 0.182. The lowest BCUT2D eigenvalue weighted by Gasteiger charge is -1.98. The van der Waals surface area contributed by atoms with Crippen LogP contribution in [0.25, 0.3) is 10.9 Å². The zero-order chi connectivity index (χ0) is 8.39. The average molecular weight is 156 g/mol. The summed E-state index contributed by atoms with van der Waals surface area (Å²) in [6.45, 7) is 2.15. The molecule has 0 fully saturated rings. The molecular weight excluding hydrogens is 146 g/mol. The molecule has 1 radical (unpaired) electrons. The summed E-state index contributed by atoms with van der Waals surface area (Å²) in [4.78, 5) is 4.23. The molecule has 0 aliphatic heterocycles. The van der Waals surface area contributed by atoms with Crippen LogP contribution in [0.2, 0.25) is 0 Å². The first-order valence-corrected chi connectivity index (χ1v) is 4.15. The molecule has 0 N–H and O–H groups in total. The van der Waals surface area contributed by atoms with Gasteiger partial charge in [-0.05, 0) is 24.1 Å². The van der Waals surface area contributed by atoms with Gasteiger partial charge in [0.25, 0.3) is 0 Å². The van der Waals surface area contributed by atoms with E-state index in [-0.39, 0.29) is 0 Å². The van der Waals surface area contributed by atoms with E-state index in [1.54, 1.807) is 6.20 Å². The number of benzene rings is 1. The highest BCUT2D eigenvalue weighted by Gasteiger charge is 1.93. The molecular formula is C11H10N. The van der Waals surface area contributed by atoms with Crippen molar-refractivity contribution >= 4 is 10.9 Å². The molecule has 1 aromatic heterocycles. The molecule has 0 spiro atoms. The van der Waals surface area contributed by atoms with E-state index in [0.717, 1.165) is 17.3 Å². The predicted molar refractivity (Wildman–Crippen MR) is 50.0 cm³/mol. The first kappa shape index (κ1) is 7.29. The smallest absolute Gasteiger partial charge is 0.0705 e. The van der Waals surface area contributed by atoms with Crippen molar-refractivity contribution in [3.05, 3.63) is 42.1 Å². The van der Waals surface area contributed by atoms with Crippen LogP contribution in [-0.4, -0.2) is 4.98 Å². The molecule has 0 aliphatic carbocycles. The largest absolute Gasteiger partial charge is 0.256 e. The summed E-state index contributed by atoms with van der Waals surface area (Å²) in [6.07, 6.45) is 2.78. The van der Waals surface area contributed by atoms with E-state index in [9.17, 15) is 0 Å². The van der Waals surface area contributed by atoms with Gasteiger partial charge in [-0.1, -0.05) is 19.1 Å². The van der Waals surface area contributed by atoms with Gasteiger partial charge in [-0.3, -0.25) is 4.98 Å². The first-order chi connectivity index (χ1) is 5.90. The van der Waals surface area contributed by atoms with Crippen molar-refractivity contribution in [2.45, 2.75) is 13.3 Å². The standard InChI is InChI=1S/C11H10N/c1-2-9-5-6-10-4-3-7-12-11(10)8-9/h4-8H,2H2,1H3. The van der Waals surface area contributed by atoms with Gasteiger partial charge in [-0.15, -0.1) is 0 Å². The van der Waals surface area contributed by atoms with Gasteiger partial charge >= 0.3 is 0 Å². The summed E-state index contributed by atoms with van der Waals surface area (Å²) in [5, 5.41) is 1.16. The topological polar surface area (TPSA) is 12.9 Å². The van der Waals surface area contributed by atoms with Gasteiger partial charge in [0.05, 0.1) is 5.52 Å². The fourth-order valence-corrected chi connectivity index (χ4v) is 1.28. The summed E-state index contributed by atoms with van der Waals surface area (Å²) < 4.78 is 0. The van der Waals surface area contributed by atoms with E-state index in [4.69, 9.17) is 0 Å². The van der Waals surface area contributed by atoms with Gasteiger partial charge in [-0.2, -0.15) is 0 Å². The summed E-state index contributed by atoms with van der Waals surface area (Å²) in [5.74, 6) is 0. The maximum absolute atomic E-state index is 4.23. The zero-order valence-electron chi connectivity index (χ0n) is 7.04. The number of hydrogen-bond acceptors (Lipinski definition) is 1. The van der Waals surface area contributed by atoms with E-state index >= 15 is 0 Å². The lowest BCUT2D eigenvalue weighted by atomic mass is 10.1. The quantitative estimate of drug-likeness (QED) is 0.618. The molecule has 0 aliphatic rings. The van der Waals surface area contributed by atoms with E-state index < -0.39 is 0 Å². The Hall–Kier alpha value is -1.37. The predicted octanol–water partition coefficient (Wildman–Crippen LogP) is 2.60. The van der Waals surface area contributed by atoms with Crippen LogP contribution in [0.3, 0.4) is 0 Å². The van der Waals surface area contributed by atoms with Crippen molar-refractivity contribution in [3.8, 4) is 0 Å². The van der Waals surface area contributed by atoms with Crippen LogP contribution in [0.1, 0.15) is 12.5 Å². The second-order valence-corrected chi connectivity index (χ2v) is 2.82. The van der Waals surface area contributed by atoms with E-state index in [2.05, 4.69) is 36.2 Å². The number of fused-ring (bicyclic) bond motifs is 1. The highest BCUT2D eigenvalue weighted by Crippen LogP contribution is 2.12. The molecule has 0 bridgehead atoms. The van der Waals surface area contributed by atoms with Crippen LogP contribution in [-0.2, 0) is 6.42 Å². The van der Waals surface area contributed by atoms with Gasteiger partial charge in [0, 0.05) is 17.6 Å². The maximum Gasteiger partial charge on any atom is 0.0705 e. The normalized spacial score (nSPS) is 10.4. The number of rotatable bonds is 1. The molecule has 59 valence electrons. The molecule has 1 nitrogen and oxygen atoms in total. The molecule has 1 aromatic carbocycles. The minimum absolute atomic E-state index is 1.06. The Kier molecular flexibility index (Phi) is 1.78. The number of pyridine rings is 1. The average Bonchev–Trinajstić information content (AvgIpc) is 2.17. The molecule has 1 heteroatoms. The highest BCUT2D eigenvalue weighted by molar-refractivity contribution is 5.78. The third-order valence-electron chi connectivity index (χ3n) is 2.02. The van der Waals surface area contributed by atoms with E-state index in [1.807, 2.05) is 6.07 Å². The highest BCUT2D eigenvalue weighted by atomic mass is 14.6. The lowest BCUT2D eigenvalue weighted by Crippen LogP contribution is -1.82. The molecule has 0 amide bonds. The molecule has 0 saturated carbocycles. The van der Waals surface area contributed by atoms with Crippen LogP contribution < -0.4 is 0 Å². The van der Waals surface area contributed by atoms with Gasteiger partial charge in [0.15, 0.2) is 0 Å². The Labute approximate surface area is 72.1 Å². The minimum atomic E-state index is 1.06. The number of hydrogen-bond donors (Lipinski definition) is 0. The fourth-order valence-electron chi connectivity index (χ4n) is 1.28. The number of aryl methyl sites for hydroxylation is 1. The first-order valence-electron chi connectivity index (χ1n) is 4.15. The molecule has 2 rings (SSSR count). The second-order valence-electron chi connectivity index (χ2n) is 2.82. The van der Waals surface area contributed by atoms with Crippen LogP contribution >= 0.6 is 0 Å². The van der Waals surface area contributed by atoms with Gasteiger partial charge in [0.1, 0.15) is 0 Å². The minimum Gasteiger partial charge on any atom is -0.256 e. The Morgan fingerprint density at radius 3 is 3.17 bits per heavy atom. The molecule has 0 saturated heterocycles. The van der Waals surface area contributed by atoms with E-state index in [0.29, 0.717) is 0 Å². The maximum atomic E-state index is 4.23. The third kappa shape index (κ3) is 1.18. The monoisotopic (exact) mass is 156 g/mol. The van der Waals surface area contributed by atoms with Gasteiger partial charge in [-0.25, -0.2) is 0 Å². The Bertz CT molecular complexity index is 393. The SMILES string of the molecule is CCc1ccc2c[c]cnc2c1. The van der Waals surface area contributed by atoms with Gasteiger partial charge < -0.3 is 0 Å². The lowest BCUT2D eigenvalue weighted by molar-refractivity contribution is 1.14. The van der Waals surface area contributed by atoms with Crippen LogP contribution in [0, 0.1) is 6.07 Å². The van der Waals surface area contributed by atoms with Crippen LogP contribution in [0.4, 0.5) is 0 Å². The Balaban J connectivity index is 2.67. The molecule has 2 aromatic rings. The molecule has 0 atom stereocenters. The van der Waals surface area contributed by atoms with Crippen molar-refractivity contribution in [3.63, 3.8) is 0 Å². The van der Waals surface area contributed by atoms with Crippen molar-refractivity contribution in [2.75, 3.05) is 0 Å². The molecule has 1 heterocycles. The van der Waals surface area contributed by atoms with Gasteiger partial charge in [0.2, 0.25) is 0 Å². The second kappa shape index (κ2) is 2.94. The summed E-state index contributed by atoms with van der Waals surface area (Å²) in [6, 6.07) is 11.3.